The van der Waals surface area contributed by atoms with Crippen molar-refractivity contribution >= 4 is 23.6 Å². The van der Waals surface area contributed by atoms with Crippen LogP contribution in [0.3, 0.4) is 0 Å². The molecule has 4 heteroatoms. The summed E-state index contributed by atoms with van der Waals surface area (Å²) < 4.78 is 10.8. The number of rotatable bonds is 10. The van der Waals surface area contributed by atoms with Crippen molar-refractivity contribution in [3.63, 3.8) is 0 Å². The number of hydrogen-bond acceptors (Lipinski definition) is 2. The van der Waals surface area contributed by atoms with E-state index in [0.29, 0.717) is 7.69 Å². The Hall–Kier alpha value is 0.465. The van der Waals surface area contributed by atoms with E-state index >= 15 is 0 Å². The largest absolute Gasteiger partial charge is 0.438 e. The molecule has 0 radical (unpaired) electrons. The fraction of sp³-hybridized carbons (Fsp3) is 1.00. The molecule has 0 spiro atoms. The third-order valence-corrected chi connectivity index (χ3v) is 2.73. The first-order valence-electron chi connectivity index (χ1n) is 5.64. The van der Waals surface area contributed by atoms with Crippen LogP contribution in [0.1, 0.15) is 52.4 Å². The summed E-state index contributed by atoms with van der Waals surface area (Å²) in [5.41, 5.74) is 0. The van der Waals surface area contributed by atoms with Crippen LogP contribution in [-0.2, 0) is 9.31 Å². The Kier molecular flexibility index (Phi) is 11.9. The molecule has 14 heavy (non-hydrogen) atoms. The van der Waals surface area contributed by atoms with E-state index in [0.717, 1.165) is 19.4 Å². The Bertz CT molecular complexity index is 114. The zero-order chi connectivity index (χ0) is 10.6. The van der Waals surface area contributed by atoms with Gasteiger partial charge in [-0.15, -0.1) is 0 Å². The molecule has 0 aliphatic rings. The summed E-state index contributed by atoms with van der Waals surface area (Å²) >= 11 is 3.46. The van der Waals surface area contributed by atoms with E-state index in [4.69, 9.17) is 9.31 Å². The maximum Gasteiger partial charge on any atom is 0.438 e. The van der Waals surface area contributed by atoms with Crippen molar-refractivity contribution in [1.29, 1.82) is 0 Å². The Morgan fingerprint density at radius 2 is 1.86 bits per heavy atom. The first-order valence-corrected chi connectivity index (χ1v) is 6.56. The van der Waals surface area contributed by atoms with Gasteiger partial charge in [-0.05, 0) is 12.8 Å². The monoisotopic (exact) mass is 264 g/mol. The fourth-order valence-electron chi connectivity index (χ4n) is 1.08. The van der Waals surface area contributed by atoms with Crippen molar-refractivity contribution < 1.29 is 9.31 Å². The number of hydrogen-bond donors (Lipinski definition) is 0. The second-order valence-electron chi connectivity index (χ2n) is 3.45. The summed E-state index contributed by atoms with van der Waals surface area (Å²) in [6, 6.07) is 0. The van der Waals surface area contributed by atoms with Crippen LogP contribution >= 0.6 is 15.9 Å². The average Bonchev–Trinajstić information content (AvgIpc) is 2.20. The third-order valence-electron chi connectivity index (χ3n) is 2.01. The molecule has 1 atom stereocenters. The van der Waals surface area contributed by atoms with E-state index in [-0.39, 0.29) is 5.01 Å². The minimum absolute atomic E-state index is 0.161. The van der Waals surface area contributed by atoms with Gasteiger partial charge < -0.3 is 9.31 Å². The highest BCUT2D eigenvalue weighted by Crippen LogP contribution is 2.10. The summed E-state index contributed by atoms with van der Waals surface area (Å²) in [5, 5.41) is 0.161. The molecule has 0 N–H and O–H groups in total. The van der Waals surface area contributed by atoms with Crippen molar-refractivity contribution in [2.75, 3.05) is 6.61 Å². The normalized spacial score (nSPS) is 12.8. The van der Waals surface area contributed by atoms with Gasteiger partial charge in [-0.25, -0.2) is 0 Å². The SMILES string of the molecule is CCCCCOBOC(Br)CCCC. The molecule has 0 aliphatic heterocycles. The summed E-state index contributed by atoms with van der Waals surface area (Å²) in [7, 11) is 0.420. The van der Waals surface area contributed by atoms with Gasteiger partial charge in [-0.2, -0.15) is 0 Å². The molecule has 2 nitrogen and oxygen atoms in total. The number of halogens is 1. The molecule has 0 saturated heterocycles. The summed E-state index contributed by atoms with van der Waals surface area (Å²) in [5.74, 6) is 0. The van der Waals surface area contributed by atoms with Crippen molar-refractivity contribution in [3.8, 4) is 0 Å². The number of alkyl halides is 1. The van der Waals surface area contributed by atoms with Gasteiger partial charge in [0.2, 0.25) is 0 Å². The van der Waals surface area contributed by atoms with Crippen LogP contribution < -0.4 is 0 Å². The van der Waals surface area contributed by atoms with Gasteiger partial charge in [0.05, 0.1) is 5.01 Å². The molecule has 0 fully saturated rings. The molecule has 0 aromatic carbocycles. The molecule has 0 bridgehead atoms. The van der Waals surface area contributed by atoms with E-state index in [1.165, 1.54) is 25.7 Å². The third kappa shape index (κ3) is 10.5. The standard InChI is InChI=1S/C10H22BBrO2/c1-3-5-7-9-13-11-14-10(12)8-6-4-2/h10-11H,3-9H2,1-2H3. The van der Waals surface area contributed by atoms with Gasteiger partial charge in [-0.3, -0.25) is 0 Å². The van der Waals surface area contributed by atoms with Crippen molar-refractivity contribution in [1.82, 2.24) is 0 Å². The zero-order valence-electron chi connectivity index (χ0n) is 9.43. The maximum absolute atomic E-state index is 5.42. The molecular formula is C10H22BBrO2. The van der Waals surface area contributed by atoms with Gasteiger partial charge >= 0.3 is 7.69 Å². The Labute approximate surface area is 97.2 Å². The predicted octanol–water partition coefficient (Wildman–Crippen LogP) is 3.39. The zero-order valence-corrected chi connectivity index (χ0v) is 11.0. The molecular weight excluding hydrogens is 243 g/mol. The topological polar surface area (TPSA) is 18.5 Å². The van der Waals surface area contributed by atoms with Gasteiger partial charge in [0, 0.05) is 6.61 Å². The van der Waals surface area contributed by atoms with Crippen LogP contribution in [0.2, 0.25) is 0 Å². The van der Waals surface area contributed by atoms with Crippen LogP contribution in [0.4, 0.5) is 0 Å². The van der Waals surface area contributed by atoms with E-state index in [1.54, 1.807) is 0 Å². The van der Waals surface area contributed by atoms with Gasteiger partial charge in [0.25, 0.3) is 0 Å². The minimum atomic E-state index is 0.161. The summed E-state index contributed by atoms with van der Waals surface area (Å²) in [6.07, 6.45) is 7.10. The predicted molar refractivity (Wildman–Crippen MR) is 66.0 cm³/mol. The molecule has 0 aromatic rings. The average molecular weight is 265 g/mol. The summed E-state index contributed by atoms with van der Waals surface area (Å²) in [6.45, 7) is 5.19. The van der Waals surface area contributed by atoms with E-state index in [2.05, 4.69) is 29.8 Å². The van der Waals surface area contributed by atoms with Crippen LogP contribution in [0.25, 0.3) is 0 Å². The lowest BCUT2D eigenvalue weighted by Crippen LogP contribution is -2.12. The second kappa shape index (κ2) is 11.5. The first kappa shape index (κ1) is 14.5. The molecule has 0 rings (SSSR count). The fourth-order valence-corrected chi connectivity index (χ4v) is 1.51. The highest BCUT2D eigenvalue weighted by atomic mass is 79.9. The van der Waals surface area contributed by atoms with Crippen molar-refractivity contribution in [3.05, 3.63) is 0 Å². The van der Waals surface area contributed by atoms with Gasteiger partial charge in [-0.1, -0.05) is 55.5 Å². The van der Waals surface area contributed by atoms with Gasteiger partial charge in [0.15, 0.2) is 0 Å². The maximum atomic E-state index is 5.42. The Balaban J connectivity index is 3.02. The number of unbranched alkanes of at least 4 members (excludes halogenated alkanes) is 3. The van der Waals surface area contributed by atoms with Crippen LogP contribution in [0.15, 0.2) is 0 Å². The van der Waals surface area contributed by atoms with E-state index in [1.807, 2.05) is 0 Å². The second-order valence-corrected chi connectivity index (χ2v) is 4.47. The lowest BCUT2D eigenvalue weighted by molar-refractivity contribution is 0.201. The first-order chi connectivity index (χ1) is 6.81. The van der Waals surface area contributed by atoms with Crippen LogP contribution in [0.5, 0.6) is 0 Å². The molecule has 0 saturated carbocycles. The molecule has 0 aliphatic carbocycles. The van der Waals surface area contributed by atoms with Gasteiger partial charge in [0.1, 0.15) is 0 Å². The molecule has 0 amide bonds. The molecule has 1 unspecified atom stereocenters. The quantitative estimate of drug-likeness (QED) is 0.342. The van der Waals surface area contributed by atoms with Crippen LogP contribution in [0, 0.1) is 0 Å². The summed E-state index contributed by atoms with van der Waals surface area (Å²) in [4.78, 5) is 0. The van der Waals surface area contributed by atoms with E-state index < -0.39 is 0 Å². The highest BCUT2D eigenvalue weighted by molar-refractivity contribution is 9.09. The lowest BCUT2D eigenvalue weighted by atomic mass is 10.2. The highest BCUT2D eigenvalue weighted by Gasteiger charge is 2.03. The van der Waals surface area contributed by atoms with E-state index in [9.17, 15) is 0 Å². The van der Waals surface area contributed by atoms with Crippen molar-refractivity contribution in [2.45, 2.75) is 57.4 Å². The van der Waals surface area contributed by atoms with Crippen molar-refractivity contribution in [2.24, 2.45) is 0 Å². The Morgan fingerprint density at radius 3 is 2.50 bits per heavy atom. The Morgan fingerprint density at radius 1 is 1.14 bits per heavy atom. The van der Waals surface area contributed by atoms with Crippen LogP contribution in [-0.4, -0.2) is 19.3 Å². The molecule has 84 valence electrons. The molecule has 0 aromatic heterocycles. The lowest BCUT2D eigenvalue weighted by Gasteiger charge is -2.10. The molecule has 0 heterocycles. The smallest absolute Gasteiger partial charge is 0.414 e. The minimum Gasteiger partial charge on any atom is -0.414 e.